The number of fused-ring (bicyclic) bond motifs is 1. The number of hydrogen-bond donors (Lipinski definition) is 0. The van der Waals surface area contributed by atoms with Crippen molar-refractivity contribution in [1.82, 2.24) is 13.9 Å². The summed E-state index contributed by atoms with van der Waals surface area (Å²) >= 11 is -1.89. The lowest BCUT2D eigenvalue weighted by molar-refractivity contribution is -0.138. The summed E-state index contributed by atoms with van der Waals surface area (Å²) in [6.45, 7) is 11.5. The van der Waals surface area contributed by atoms with Crippen LogP contribution in [0.5, 0.6) is 11.5 Å². The Morgan fingerprint density at radius 1 is 1.20 bits per heavy atom. The number of ketones is 1. The fourth-order valence-electron chi connectivity index (χ4n) is 5.74. The zero-order valence-electron chi connectivity index (χ0n) is 24.5. The van der Waals surface area contributed by atoms with E-state index in [1.165, 1.54) is 7.11 Å². The monoisotopic (exact) mass is 589 g/mol. The topological polar surface area (TPSA) is 123 Å². The fraction of sp³-hybridized carbons (Fsp3) is 0.552. The van der Waals surface area contributed by atoms with E-state index in [4.69, 9.17) is 9.47 Å². The molecule has 0 N–H and O–H groups in total. The van der Waals surface area contributed by atoms with Gasteiger partial charge in [-0.1, -0.05) is 27.7 Å². The Balaban J connectivity index is 1.87. The van der Waals surface area contributed by atoms with Gasteiger partial charge in [0.05, 0.1) is 36.7 Å². The van der Waals surface area contributed by atoms with Gasteiger partial charge in [0.1, 0.15) is 17.3 Å². The Kier molecular flexibility index (Phi) is 8.33. The van der Waals surface area contributed by atoms with Crippen LogP contribution in [-0.4, -0.2) is 52.7 Å². The van der Waals surface area contributed by atoms with Gasteiger partial charge < -0.3 is 14.0 Å². The average molecular weight is 590 g/mol. The molecule has 0 bridgehead atoms. The van der Waals surface area contributed by atoms with Crippen LogP contribution in [0, 0.1) is 30.6 Å². The third kappa shape index (κ3) is 5.35. The highest BCUT2D eigenvalue weighted by Gasteiger charge is 2.53. The molecule has 0 aliphatic heterocycles. The molecule has 4 rings (SSSR count). The van der Waals surface area contributed by atoms with Gasteiger partial charge in [0.2, 0.25) is 10.0 Å². The van der Waals surface area contributed by atoms with Crippen molar-refractivity contribution in [2.45, 2.75) is 71.7 Å². The molecule has 0 saturated heterocycles. The second-order valence-corrected chi connectivity index (χ2v) is 15.1. The van der Waals surface area contributed by atoms with E-state index in [1.54, 1.807) is 31.5 Å². The quantitative estimate of drug-likeness (QED) is 0.337. The maximum absolute atomic E-state index is 14.4. The lowest BCUT2D eigenvalue weighted by Gasteiger charge is -2.47. The number of hydrogen-bond acceptors (Lipinski definition) is 8. The highest BCUT2D eigenvalue weighted by molar-refractivity contribution is 7.93. The molecular formula is C29H39N3O6S2. The van der Waals surface area contributed by atoms with Gasteiger partial charge in [-0.3, -0.25) is 9.78 Å². The molecule has 1 aliphatic rings. The molecule has 0 spiro atoms. The maximum atomic E-state index is 14.4. The molecule has 9 nitrogen and oxygen atoms in total. The fourth-order valence-corrected chi connectivity index (χ4v) is 9.70. The Hall–Kier alpha value is -2.63. The van der Waals surface area contributed by atoms with E-state index >= 15 is 0 Å². The van der Waals surface area contributed by atoms with Gasteiger partial charge >= 0.3 is 5.16 Å². The number of methoxy groups -OCH3 is 2. The normalized spacial score (nSPS) is 21.0. The first-order chi connectivity index (χ1) is 18.6. The Morgan fingerprint density at radius 3 is 2.50 bits per heavy atom. The summed E-state index contributed by atoms with van der Waals surface area (Å²) in [5, 5.41) is -0.107. The van der Waals surface area contributed by atoms with Gasteiger partial charge in [-0.2, -0.15) is 8.96 Å². The van der Waals surface area contributed by atoms with Crippen molar-refractivity contribution in [3.63, 3.8) is 0 Å². The molecule has 218 valence electrons. The number of aromatic nitrogens is 3. The smallest absolute Gasteiger partial charge is 0.338 e. The van der Waals surface area contributed by atoms with E-state index < -0.39 is 37.8 Å². The van der Waals surface area contributed by atoms with Crippen LogP contribution in [-0.2, 0) is 31.7 Å². The van der Waals surface area contributed by atoms with Crippen molar-refractivity contribution in [2.75, 3.05) is 20.0 Å². The summed E-state index contributed by atoms with van der Waals surface area (Å²) in [6, 6.07) is 4.90. The third-order valence-electron chi connectivity index (χ3n) is 8.29. The first-order valence-electron chi connectivity index (χ1n) is 13.4. The number of rotatable bonds is 8. The van der Waals surface area contributed by atoms with Gasteiger partial charge in [-0.05, 0) is 50.2 Å². The number of ether oxygens (including phenoxy) is 2. The highest BCUT2D eigenvalue weighted by atomic mass is 32.2. The van der Waals surface area contributed by atoms with Gasteiger partial charge in [0.15, 0.2) is 5.75 Å². The number of carbonyl (C=O) groups excluding carboxylic acids is 1. The van der Waals surface area contributed by atoms with Crippen LogP contribution in [0.4, 0.5) is 0 Å². The number of nitrogens with zero attached hydrogens (tertiary/aromatic N) is 3. The van der Waals surface area contributed by atoms with E-state index in [1.807, 2.05) is 41.5 Å². The van der Waals surface area contributed by atoms with E-state index in [9.17, 15) is 17.8 Å². The second kappa shape index (κ2) is 11.0. The van der Waals surface area contributed by atoms with Crippen molar-refractivity contribution in [2.24, 2.45) is 16.7 Å². The van der Waals surface area contributed by atoms with Crippen LogP contribution >= 0.6 is 0 Å². The van der Waals surface area contributed by atoms with Crippen molar-refractivity contribution >= 4 is 38.0 Å². The summed E-state index contributed by atoms with van der Waals surface area (Å²) in [5.74, 6) is 0.782. The lowest BCUT2D eigenvalue weighted by Crippen LogP contribution is -2.51. The largest absolute Gasteiger partial charge is 0.609 e. The number of benzene rings is 1. The number of pyridine rings is 1. The first kappa shape index (κ1) is 30.3. The molecule has 1 aliphatic carbocycles. The van der Waals surface area contributed by atoms with Gasteiger partial charge in [0, 0.05) is 46.4 Å². The zero-order chi connectivity index (χ0) is 29.6. The van der Waals surface area contributed by atoms with E-state index in [-0.39, 0.29) is 28.1 Å². The highest BCUT2D eigenvalue weighted by Crippen LogP contribution is 2.50. The molecule has 11 heteroatoms. The number of imidazole rings is 1. The van der Waals surface area contributed by atoms with Crippen molar-refractivity contribution in [3.05, 3.63) is 41.2 Å². The number of aryl methyl sites for hydroxylation is 1. The zero-order valence-corrected chi connectivity index (χ0v) is 26.2. The molecule has 2 unspecified atom stereocenters. The number of carbonyl (C=O) groups is 1. The van der Waals surface area contributed by atoms with Crippen LogP contribution in [0.1, 0.15) is 63.8 Å². The summed E-state index contributed by atoms with van der Waals surface area (Å²) in [4.78, 5) is 22.6. The van der Waals surface area contributed by atoms with Gasteiger partial charge in [-0.15, -0.1) is 0 Å². The molecule has 1 saturated carbocycles. The van der Waals surface area contributed by atoms with E-state index in [2.05, 4.69) is 9.97 Å². The summed E-state index contributed by atoms with van der Waals surface area (Å²) in [5.41, 5.74) is 1.03. The van der Waals surface area contributed by atoms with Gasteiger partial charge in [0.25, 0.3) is 0 Å². The Bertz CT molecular complexity index is 1540. The molecule has 0 radical (unpaired) electrons. The van der Waals surface area contributed by atoms with E-state index in [0.717, 1.165) is 21.5 Å². The standard InChI is InChI=1S/C29H39N3O6S2/c1-18-11-12-29(25(33)13-18,28(4,5)6)17-40(35,36)32-24-14-21(37-7)9-10-22(24)31-27(32)39(34)16-23-20(3)26(38-8)19(2)15-30-23/h9-10,14-15,18H,11-13,16-17H2,1-8H3/t18?,29?,39-/m0/s1. The van der Waals surface area contributed by atoms with Crippen LogP contribution in [0.15, 0.2) is 29.6 Å². The minimum atomic E-state index is -4.22. The molecule has 1 fully saturated rings. The predicted molar refractivity (Wildman–Crippen MR) is 156 cm³/mol. The summed E-state index contributed by atoms with van der Waals surface area (Å²) in [7, 11) is -1.16. The van der Waals surface area contributed by atoms with Crippen molar-refractivity contribution < 1.29 is 27.2 Å². The van der Waals surface area contributed by atoms with Crippen LogP contribution in [0.25, 0.3) is 11.0 Å². The van der Waals surface area contributed by atoms with Crippen LogP contribution in [0.2, 0.25) is 0 Å². The second-order valence-electron chi connectivity index (χ2n) is 11.9. The molecule has 3 atom stereocenters. The molecular weight excluding hydrogens is 550 g/mol. The van der Waals surface area contributed by atoms with Crippen LogP contribution < -0.4 is 9.47 Å². The van der Waals surface area contributed by atoms with Gasteiger partial charge in [-0.25, -0.2) is 8.42 Å². The SMILES string of the molecule is COc1ccc2nc([S@@+]([O-])Cc3ncc(C)c(OC)c3C)n(S(=O)(=O)CC3(C(C)(C)C)CCC(C)CC3=O)c2c1. The third-order valence-corrected chi connectivity index (χ3v) is 11.4. The molecule has 2 aromatic heterocycles. The summed E-state index contributed by atoms with van der Waals surface area (Å²) in [6.07, 6.45) is 3.21. The molecule has 40 heavy (non-hydrogen) atoms. The van der Waals surface area contributed by atoms with Crippen molar-refractivity contribution in [3.8, 4) is 11.5 Å². The maximum Gasteiger partial charge on any atom is 0.338 e. The molecule has 0 amide bonds. The minimum Gasteiger partial charge on any atom is -0.609 e. The Labute approximate surface area is 239 Å². The average Bonchev–Trinajstić information content (AvgIpc) is 3.27. The van der Waals surface area contributed by atoms with E-state index in [0.29, 0.717) is 35.6 Å². The molecule has 2 heterocycles. The summed E-state index contributed by atoms with van der Waals surface area (Å²) < 4.78 is 54.7. The first-order valence-corrected chi connectivity index (χ1v) is 16.3. The molecule has 1 aromatic carbocycles. The lowest BCUT2D eigenvalue weighted by atomic mass is 9.58. The van der Waals surface area contributed by atoms with Crippen LogP contribution in [0.3, 0.4) is 0 Å². The molecule has 3 aromatic rings. The number of Topliss-reactive ketones (excluding diaryl/α,β-unsaturated/α-hetero) is 1. The predicted octanol–water partition coefficient (Wildman–Crippen LogP) is 4.97. The Morgan fingerprint density at radius 2 is 1.90 bits per heavy atom. The van der Waals surface area contributed by atoms with Crippen molar-refractivity contribution in [1.29, 1.82) is 0 Å². The minimum absolute atomic E-state index is 0.0430.